The standard InChI is InChI=1S/C4H10.C3H8S/c1-3-4-2;1-3(2)4/h3-4H2,1-2H3;3-4H,1-2H3. The van der Waals surface area contributed by atoms with Crippen molar-refractivity contribution in [2.45, 2.75) is 45.8 Å². The summed E-state index contributed by atoms with van der Waals surface area (Å²) in [5, 5.41) is 0.528. The van der Waals surface area contributed by atoms with E-state index in [2.05, 4.69) is 26.5 Å². The first-order valence-electron chi connectivity index (χ1n) is 3.33. The van der Waals surface area contributed by atoms with Gasteiger partial charge in [-0.1, -0.05) is 40.5 Å². The maximum Gasteiger partial charge on any atom is -0.00399 e. The monoisotopic (exact) mass is 134 g/mol. The summed E-state index contributed by atoms with van der Waals surface area (Å²) in [5.74, 6) is 0. The molecule has 0 aliphatic rings. The van der Waals surface area contributed by atoms with Crippen molar-refractivity contribution in [3.05, 3.63) is 0 Å². The van der Waals surface area contributed by atoms with Crippen LogP contribution in [0.4, 0.5) is 0 Å². The molecule has 0 nitrogen and oxygen atoms in total. The Bertz CT molecular complexity index is 20.8. The van der Waals surface area contributed by atoms with Gasteiger partial charge in [0.15, 0.2) is 0 Å². The van der Waals surface area contributed by atoms with Crippen LogP contribution in [0.1, 0.15) is 40.5 Å². The lowest BCUT2D eigenvalue weighted by atomic mass is 10.4. The van der Waals surface area contributed by atoms with Crippen LogP contribution >= 0.6 is 12.6 Å². The molecule has 0 unspecified atom stereocenters. The molecule has 0 aromatic rings. The zero-order chi connectivity index (χ0) is 6.99. The average molecular weight is 134 g/mol. The molecule has 0 aliphatic carbocycles. The third-order valence-electron chi connectivity index (χ3n) is 0.500. The van der Waals surface area contributed by atoms with Gasteiger partial charge in [-0.15, -0.1) is 0 Å². The summed E-state index contributed by atoms with van der Waals surface area (Å²) in [5.41, 5.74) is 0. The Morgan fingerprint density at radius 2 is 1.25 bits per heavy atom. The van der Waals surface area contributed by atoms with Crippen LogP contribution in [0.15, 0.2) is 0 Å². The van der Waals surface area contributed by atoms with E-state index in [-0.39, 0.29) is 0 Å². The van der Waals surface area contributed by atoms with Gasteiger partial charge in [0.05, 0.1) is 0 Å². The topological polar surface area (TPSA) is 0 Å². The predicted molar refractivity (Wildman–Crippen MR) is 44.7 cm³/mol. The molecule has 0 amide bonds. The van der Waals surface area contributed by atoms with Gasteiger partial charge in [0, 0.05) is 0 Å². The van der Waals surface area contributed by atoms with Crippen molar-refractivity contribution < 1.29 is 0 Å². The molecule has 0 N–H and O–H groups in total. The van der Waals surface area contributed by atoms with Crippen LogP contribution in [-0.4, -0.2) is 5.25 Å². The maximum atomic E-state index is 3.97. The van der Waals surface area contributed by atoms with Gasteiger partial charge in [-0.3, -0.25) is 0 Å². The summed E-state index contributed by atoms with van der Waals surface area (Å²) in [6, 6.07) is 0. The lowest BCUT2D eigenvalue weighted by Gasteiger charge is -1.78. The first-order valence-corrected chi connectivity index (χ1v) is 3.84. The van der Waals surface area contributed by atoms with Crippen molar-refractivity contribution in [2.75, 3.05) is 0 Å². The average Bonchev–Trinajstić information content (AvgIpc) is 1.65. The number of rotatable bonds is 1. The van der Waals surface area contributed by atoms with Gasteiger partial charge in [-0.05, 0) is 5.25 Å². The normalized spacial score (nSPS) is 8.25. The largest absolute Gasteiger partial charge is 0.177 e. The fraction of sp³-hybridized carbons (Fsp3) is 1.00. The Labute approximate surface area is 59.1 Å². The zero-order valence-electron chi connectivity index (χ0n) is 6.44. The van der Waals surface area contributed by atoms with Gasteiger partial charge in [-0.25, -0.2) is 0 Å². The van der Waals surface area contributed by atoms with Gasteiger partial charge < -0.3 is 0 Å². The fourth-order valence-electron chi connectivity index (χ4n) is 0. The molecule has 0 aliphatic heterocycles. The molecule has 0 radical (unpaired) electrons. The van der Waals surface area contributed by atoms with E-state index in [9.17, 15) is 0 Å². The van der Waals surface area contributed by atoms with E-state index in [1.165, 1.54) is 12.8 Å². The fourth-order valence-corrected chi connectivity index (χ4v) is 0. The van der Waals surface area contributed by atoms with E-state index in [0.29, 0.717) is 5.25 Å². The Kier molecular flexibility index (Phi) is 14.5. The molecule has 0 atom stereocenters. The van der Waals surface area contributed by atoms with Crippen LogP contribution in [-0.2, 0) is 0 Å². The predicted octanol–water partition coefficient (Wildman–Crippen LogP) is 3.13. The van der Waals surface area contributed by atoms with Crippen molar-refractivity contribution in [1.29, 1.82) is 0 Å². The van der Waals surface area contributed by atoms with E-state index >= 15 is 0 Å². The SMILES string of the molecule is CC(C)S.CCCC. The maximum absolute atomic E-state index is 3.97. The van der Waals surface area contributed by atoms with E-state index in [0.717, 1.165) is 0 Å². The van der Waals surface area contributed by atoms with Crippen molar-refractivity contribution in [3.63, 3.8) is 0 Å². The van der Waals surface area contributed by atoms with Gasteiger partial charge in [0.2, 0.25) is 0 Å². The second kappa shape index (κ2) is 10.4. The van der Waals surface area contributed by atoms with Crippen molar-refractivity contribution in [2.24, 2.45) is 0 Å². The number of hydrogen-bond acceptors (Lipinski definition) is 1. The number of hydrogen-bond donors (Lipinski definition) is 1. The van der Waals surface area contributed by atoms with Crippen LogP contribution < -0.4 is 0 Å². The lowest BCUT2D eigenvalue weighted by molar-refractivity contribution is 0.886. The molecular weight excluding hydrogens is 116 g/mol. The summed E-state index contributed by atoms with van der Waals surface area (Å²) < 4.78 is 0. The molecule has 0 bridgehead atoms. The molecule has 0 rings (SSSR count). The highest BCUT2D eigenvalue weighted by Gasteiger charge is 1.69. The number of unbranched alkanes of at least 4 members (excludes halogenated alkanes) is 1. The summed E-state index contributed by atoms with van der Waals surface area (Å²) in [7, 11) is 0. The molecular formula is C7H18S. The Hall–Kier alpha value is 0.350. The highest BCUT2D eigenvalue weighted by molar-refractivity contribution is 7.80. The minimum Gasteiger partial charge on any atom is -0.177 e. The molecule has 0 saturated heterocycles. The van der Waals surface area contributed by atoms with Gasteiger partial charge in [0.1, 0.15) is 0 Å². The van der Waals surface area contributed by atoms with Crippen LogP contribution in [0.5, 0.6) is 0 Å². The highest BCUT2D eigenvalue weighted by Crippen LogP contribution is 1.83. The highest BCUT2D eigenvalue weighted by atomic mass is 32.1. The van der Waals surface area contributed by atoms with E-state index in [1.807, 2.05) is 13.8 Å². The quantitative estimate of drug-likeness (QED) is 0.523. The van der Waals surface area contributed by atoms with Crippen molar-refractivity contribution in [3.8, 4) is 0 Å². The Morgan fingerprint density at radius 3 is 1.25 bits per heavy atom. The third kappa shape index (κ3) is 99.7. The van der Waals surface area contributed by atoms with Crippen molar-refractivity contribution in [1.82, 2.24) is 0 Å². The van der Waals surface area contributed by atoms with Crippen molar-refractivity contribution >= 4 is 12.6 Å². The summed E-state index contributed by atoms with van der Waals surface area (Å²) in [6.07, 6.45) is 2.64. The van der Waals surface area contributed by atoms with E-state index in [1.54, 1.807) is 0 Å². The molecule has 52 valence electrons. The molecule has 0 heterocycles. The summed E-state index contributed by atoms with van der Waals surface area (Å²) in [6.45, 7) is 8.42. The van der Waals surface area contributed by atoms with Gasteiger partial charge >= 0.3 is 0 Å². The molecule has 8 heavy (non-hydrogen) atoms. The minimum atomic E-state index is 0.528. The second-order valence-electron chi connectivity index (χ2n) is 2.09. The van der Waals surface area contributed by atoms with Crippen LogP contribution in [0.2, 0.25) is 0 Å². The number of thiol groups is 1. The third-order valence-corrected chi connectivity index (χ3v) is 0.500. The molecule has 0 aromatic heterocycles. The Balaban J connectivity index is 0. The smallest absolute Gasteiger partial charge is 0.00399 e. The molecule has 0 saturated carbocycles. The second-order valence-corrected chi connectivity index (χ2v) is 3.13. The summed E-state index contributed by atoms with van der Waals surface area (Å²) >= 11 is 3.97. The molecule has 1 heteroatoms. The molecule has 0 fully saturated rings. The van der Waals surface area contributed by atoms with Gasteiger partial charge in [-0.2, -0.15) is 12.6 Å². The minimum absolute atomic E-state index is 0.528. The zero-order valence-corrected chi connectivity index (χ0v) is 7.33. The van der Waals surface area contributed by atoms with E-state index in [4.69, 9.17) is 0 Å². The molecule has 0 aromatic carbocycles. The summed E-state index contributed by atoms with van der Waals surface area (Å²) in [4.78, 5) is 0. The first-order chi connectivity index (χ1) is 3.65. The first kappa shape index (κ1) is 11.2. The Morgan fingerprint density at radius 1 is 1.12 bits per heavy atom. The van der Waals surface area contributed by atoms with E-state index < -0.39 is 0 Å². The van der Waals surface area contributed by atoms with Crippen LogP contribution in [0.25, 0.3) is 0 Å². The van der Waals surface area contributed by atoms with Gasteiger partial charge in [0.25, 0.3) is 0 Å². The van der Waals surface area contributed by atoms with Crippen LogP contribution in [0, 0.1) is 0 Å². The van der Waals surface area contributed by atoms with Crippen LogP contribution in [0.3, 0.4) is 0 Å². The lowest BCUT2D eigenvalue weighted by Crippen LogP contribution is -1.71. The molecule has 0 spiro atoms.